The summed E-state index contributed by atoms with van der Waals surface area (Å²) >= 11 is 0. The quantitative estimate of drug-likeness (QED) is 0.819. The van der Waals surface area contributed by atoms with Crippen LogP contribution in [0, 0.1) is 5.92 Å². The van der Waals surface area contributed by atoms with E-state index in [0.717, 1.165) is 37.8 Å². The predicted molar refractivity (Wildman–Crippen MR) is 93.9 cm³/mol. The molecule has 1 saturated heterocycles. The van der Waals surface area contributed by atoms with Gasteiger partial charge in [0.1, 0.15) is 6.61 Å². The second-order valence-electron chi connectivity index (χ2n) is 7.09. The maximum Gasteiger partial charge on any atom is 0.258 e. The molecule has 2 aliphatic rings. The lowest BCUT2D eigenvalue weighted by Gasteiger charge is -2.34. The summed E-state index contributed by atoms with van der Waals surface area (Å²) in [5, 5.41) is 3.98. The van der Waals surface area contributed by atoms with Crippen LogP contribution in [0.3, 0.4) is 0 Å². The molecule has 3 heterocycles. The van der Waals surface area contributed by atoms with Gasteiger partial charge < -0.3 is 14.2 Å². The highest BCUT2D eigenvalue weighted by molar-refractivity contribution is 5.79. The minimum Gasteiger partial charge on any atom is -0.368 e. The molecule has 0 N–H and O–H groups in total. The number of hydrogen-bond donors (Lipinski definition) is 0. The van der Waals surface area contributed by atoms with Crippen molar-refractivity contribution in [3.8, 4) is 11.5 Å². The van der Waals surface area contributed by atoms with E-state index < -0.39 is 0 Å². The van der Waals surface area contributed by atoms with Crippen LogP contribution in [0.1, 0.15) is 44.3 Å². The van der Waals surface area contributed by atoms with Crippen molar-refractivity contribution >= 4 is 5.91 Å². The summed E-state index contributed by atoms with van der Waals surface area (Å²) in [6, 6.07) is 3.65. The van der Waals surface area contributed by atoms with Gasteiger partial charge in [-0.25, -0.2) is 0 Å². The molecule has 2 aromatic rings. The summed E-state index contributed by atoms with van der Waals surface area (Å²) in [4.78, 5) is 22.9. The fourth-order valence-corrected chi connectivity index (χ4v) is 3.82. The van der Waals surface area contributed by atoms with Gasteiger partial charge in [-0.15, -0.1) is 0 Å². The van der Waals surface area contributed by atoms with Crippen LogP contribution in [-0.2, 0) is 16.1 Å². The molecule has 26 heavy (non-hydrogen) atoms. The Hall–Kier alpha value is -2.28. The molecule has 1 saturated carbocycles. The topological polar surface area (TPSA) is 81.4 Å². The van der Waals surface area contributed by atoms with Crippen molar-refractivity contribution in [2.75, 3.05) is 13.1 Å². The monoisotopic (exact) mass is 356 g/mol. The first kappa shape index (κ1) is 17.1. The molecule has 0 radical (unpaired) electrons. The van der Waals surface area contributed by atoms with E-state index in [1.165, 1.54) is 12.8 Å². The second-order valence-corrected chi connectivity index (χ2v) is 7.09. The molecule has 1 atom stereocenters. The van der Waals surface area contributed by atoms with Crippen LogP contribution < -0.4 is 0 Å². The van der Waals surface area contributed by atoms with E-state index >= 15 is 0 Å². The first-order valence-corrected chi connectivity index (χ1v) is 9.43. The number of likely N-dealkylation sites (tertiary alicyclic amines) is 1. The van der Waals surface area contributed by atoms with Crippen molar-refractivity contribution in [2.24, 2.45) is 5.92 Å². The predicted octanol–water partition coefficient (Wildman–Crippen LogP) is 2.83. The average Bonchev–Trinajstić information content (AvgIpc) is 3.39. The maximum atomic E-state index is 12.6. The summed E-state index contributed by atoms with van der Waals surface area (Å²) in [7, 11) is 0. The van der Waals surface area contributed by atoms with Crippen molar-refractivity contribution in [1.29, 1.82) is 0 Å². The molecular formula is C19H24N4O3. The highest BCUT2D eigenvalue weighted by Crippen LogP contribution is 2.28. The van der Waals surface area contributed by atoms with Gasteiger partial charge in [-0.1, -0.05) is 18.0 Å². The van der Waals surface area contributed by atoms with Crippen LogP contribution in [-0.4, -0.2) is 45.1 Å². The fourth-order valence-electron chi connectivity index (χ4n) is 3.82. The number of nitrogens with zero attached hydrogens (tertiary/aromatic N) is 4. The van der Waals surface area contributed by atoms with Crippen molar-refractivity contribution < 1.29 is 14.1 Å². The van der Waals surface area contributed by atoms with Crippen molar-refractivity contribution in [2.45, 2.75) is 51.2 Å². The Bertz CT molecular complexity index is 727. The van der Waals surface area contributed by atoms with E-state index in [1.54, 1.807) is 12.4 Å². The number of ether oxygens (including phenoxy) is 1. The van der Waals surface area contributed by atoms with Crippen molar-refractivity contribution in [3.63, 3.8) is 0 Å². The number of carbonyl (C=O) groups excluding carboxylic acids is 1. The zero-order valence-electron chi connectivity index (χ0n) is 14.8. The number of rotatable bonds is 5. The number of hydrogen-bond acceptors (Lipinski definition) is 6. The van der Waals surface area contributed by atoms with Gasteiger partial charge in [0.25, 0.3) is 5.89 Å². The van der Waals surface area contributed by atoms with Crippen LogP contribution in [0.2, 0.25) is 0 Å². The van der Waals surface area contributed by atoms with Crippen molar-refractivity contribution in [3.05, 3.63) is 30.4 Å². The van der Waals surface area contributed by atoms with Gasteiger partial charge in [0.2, 0.25) is 5.91 Å². The Morgan fingerprint density at radius 2 is 2.00 bits per heavy atom. The molecular weight excluding hydrogens is 332 g/mol. The van der Waals surface area contributed by atoms with Gasteiger partial charge in [0.05, 0.1) is 6.10 Å². The first-order chi connectivity index (χ1) is 12.8. The molecule has 0 aromatic carbocycles. The molecule has 1 aliphatic carbocycles. The van der Waals surface area contributed by atoms with Crippen LogP contribution in [0.5, 0.6) is 0 Å². The van der Waals surface area contributed by atoms with Gasteiger partial charge in [-0.05, 0) is 37.8 Å². The normalized spacial score (nSPS) is 21.2. The minimum absolute atomic E-state index is 0.0389. The third-order valence-electron chi connectivity index (χ3n) is 5.24. The van der Waals surface area contributed by atoms with Gasteiger partial charge >= 0.3 is 0 Å². The summed E-state index contributed by atoms with van der Waals surface area (Å²) in [5.74, 6) is 1.54. The Morgan fingerprint density at radius 3 is 2.81 bits per heavy atom. The number of amides is 1. The van der Waals surface area contributed by atoms with Crippen LogP contribution in [0.15, 0.2) is 29.0 Å². The van der Waals surface area contributed by atoms with E-state index in [4.69, 9.17) is 9.26 Å². The van der Waals surface area contributed by atoms with Crippen LogP contribution in [0.4, 0.5) is 0 Å². The van der Waals surface area contributed by atoms with Gasteiger partial charge in [-0.2, -0.15) is 4.98 Å². The average molecular weight is 356 g/mol. The summed E-state index contributed by atoms with van der Waals surface area (Å²) in [6.45, 7) is 1.82. The molecule has 1 amide bonds. The van der Waals surface area contributed by atoms with Crippen molar-refractivity contribution in [1.82, 2.24) is 20.0 Å². The van der Waals surface area contributed by atoms with Crippen LogP contribution in [0.25, 0.3) is 11.5 Å². The molecule has 4 rings (SSSR count). The lowest BCUT2D eigenvalue weighted by Crippen LogP contribution is -2.45. The Kier molecular flexibility index (Phi) is 5.24. The third kappa shape index (κ3) is 3.93. The smallest absolute Gasteiger partial charge is 0.258 e. The molecule has 7 heteroatoms. The SMILES string of the molecule is O=C(C1CCCC1)N1CCCC(OCc2noc(-c3ccncc3)n2)C1. The second kappa shape index (κ2) is 7.95. The standard InChI is InChI=1S/C19H24N4O3/c24-19(15-4-1-2-5-15)23-11-3-6-16(12-23)25-13-17-21-18(26-22-17)14-7-9-20-10-8-14/h7-10,15-16H,1-6,11-13H2. The number of aromatic nitrogens is 3. The highest BCUT2D eigenvalue weighted by Gasteiger charge is 2.31. The summed E-state index contributed by atoms with van der Waals surface area (Å²) in [6.07, 6.45) is 9.81. The molecule has 138 valence electrons. The molecule has 7 nitrogen and oxygen atoms in total. The van der Waals surface area contributed by atoms with E-state index in [0.29, 0.717) is 30.8 Å². The molecule has 0 spiro atoms. The van der Waals surface area contributed by atoms with E-state index in [9.17, 15) is 4.79 Å². The summed E-state index contributed by atoms with van der Waals surface area (Å²) < 4.78 is 11.3. The van der Waals surface area contributed by atoms with Crippen LogP contribution >= 0.6 is 0 Å². The zero-order valence-corrected chi connectivity index (χ0v) is 14.8. The van der Waals surface area contributed by atoms with Gasteiger partial charge in [0.15, 0.2) is 5.82 Å². The largest absolute Gasteiger partial charge is 0.368 e. The molecule has 2 fully saturated rings. The molecule has 2 aromatic heterocycles. The maximum absolute atomic E-state index is 12.6. The third-order valence-corrected chi connectivity index (χ3v) is 5.24. The Morgan fingerprint density at radius 1 is 1.19 bits per heavy atom. The Balaban J connectivity index is 1.30. The fraction of sp³-hybridized carbons (Fsp3) is 0.579. The zero-order chi connectivity index (χ0) is 17.8. The Labute approximate surface area is 152 Å². The van der Waals surface area contributed by atoms with E-state index in [2.05, 4.69) is 15.1 Å². The van der Waals surface area contributed by atoms with E-state index in [-0.39, 0.29) is 12.0 Å². The van der Waals surface area contributed by atoms with E-state index in [1.807, 2.05) is 17.0 Å². The highest BCUT2D eigenvalue weighted by atomic mass is 16.5. The first-order valence-electron chi connectivity index (χ1n) is 9.43. The van der Waals surface area contributed by atoms with Gasteiger partial charge in [-0.3, -0.25) is 9.78 Å². The minimum atomic E-state index is 0.0389. The molecule has 1 unspecified atom stereocenters. The lowest BCUT2D eigenvalue weighted by atomic mass is 10.0. The molecule has 1 aliphatic heterocycles. The van der Waals surface area contributed by atoms with Gasteiger partial charge in [0, 0.05) is 37.0 Å². The summed E-state index contributed by atoms with van der Waals surface area (Å²) in [5.41, 5.74) is 0.838. The lowest BCUT2D eigenvalue weighted by molar-refractivity contribution is -0.139. The number of pyridine rings is 1. The number of carbonyl (C=O) groups is 1. The number of piperidine rings is 1. The molecule has 0 bridgehead atoms.